The summed E-state index contributed by atoms with van der Waals surface area (Å²) in [5, 5.41) is 3.28. The summed E-state index contributed by atoms with van der Waals surface area (Å²) < 4.78 is 1.89. The van der Waals surface area contributed by atoms with Crippen molar-refractivity contribution in [1.82, 2.24) is 4.98 Å². The van der Waals surface area contributed by atoms with E-state index in [-0.39, 0.29) is 0 Å². The molecule has 0 aliphatic carbocycles. The number of pyridine rings is 1. The Kier molecular flexibility index (Phi) is 5.03. The van der Waals surface area contributed by atoms with Crippen LogP contribution in [0.3, 0.4) is 0 Å². The number of nitrogens with one attached hydrogen (secondary N) is 1. The van der Waals surface area contributed by atoms with Crippen LogP contribution in [0, 0.1) is 0 Å². The fraction of sp³-hybridized carbons (Fsp3) is 0.154. The zero-order valence-electron chi connectivity index (χ0n) is 9.46. The van der Waals surface area contributed by atoms with Crippen molar-refractivity contribution < 1.29 is 0 Å². The first kappa shape index (κ1) is 13.8. The second-order valence-electron chi connectivity index (χ2n) is 3.79. The Morgan fingerprint density at radius 1 is 1.11 bits per heavy atom. The van der Waals surface area contributed by atoms with Gasteiger partial charge in [-0.25, -0.2) is 4.98 Å². The Bertz CT molecular complexity index is 529. The third-order valence-corrected chi connectivity index (χ3v) is 3.79. The first-order valence-electron chi connectivity index (χ1n) is 5.38. The Hall–Kier alpha value is -0.580. The normalized spacial score (nSPS) is 10.4. The molecule has 0 atom stereocenters. The molecule has 0 aliphatic rings. The van der Waals surface area contributed by atoms with Crippen LogP contribution in [0.4, 0.5) is 5.82 Å². The van der Waals surface area contributed by atoms with E-state index in [0.717, 1.165) is 26.9 Å². The van der Waals surface area contributed by atoms with Crippen LogP contribution < -0.4 is 5.32 Å². The predicted molar refractivity (Wildman–Crippen MR) is 83.0 cm³/mol. The molecule has 94 valence electrons. The first-order chi connectivity index (χ1) is 8.69. The molecule has 0 unspecified atom stereocenters. The van der Waals surface area contributed by atoms with Gasteiger partial charge in [-0.05, 0) is 49.1 Å². The van der Waals surface area contributed by atoms with E-state index in [2.05, 4.69) is 54.3 Å². The van der Waals surface area contributed by atoms with Gasteiger partial charge in [-0.15, -0.1) is 11.6 Å². The predicted octanol–water partition coefficient (Wildman–Crippen LogP) is 4.96. The maximum Gasteiger partial charge on any atom is 0.140 e. The van der Waals surface area contributed by atoms with Crippen molar-refractivity contribution in [1.29, 1.82) is 0 Å². The van der Waals surface area contributed by atoms with Crippen molar-refractivity contribution in [2.75, 3.05) is 5.32 Å². The number of halogens is 3. The van der Waals surface area contributed by atoms with Gasteiger partial charge in [0.2, 0.25) is 0 Å². The van der Waals surface area contributed by atoms with Gasteiger partial charge in [0.25, 0.3) is 0 Å². The fourth-order valence-electron chi connectivity index (χ4n) is 1.48. The average Bonchev–Trinajstić information content (AvgIpc) is 2.38. The number of nitrogens with zero attached hydrogens (tertiary/aromatic N) is 1. The summed E-state index contributed by atoms with van der Waals surface area (Å²) in [5.41, 5.74) is 2.32. The summed E-state index contributed by atoms with van der Waals surface area (Å²) in [7, 11) is 0. The van der Waals surface area contributed by atoms with Crippen molar-refractivity contribution in [2.45, 2.75) is 12.4 Å². The van der Waals surface area contributed by atoms with Crippen LogP contribution in [0.1, 0.15) is 11.1 Å². The largest absolute Gasteiger partial charge is 0.365 e. The highest BCUT2D eigenvalue weighted by atomic mass is 79.9. The molecule has 1 heterocycles. The van der Waals surface area contributed by atoms with Gasteiger partial charge in [-0.2, -0.15) is 0 Å². The van der Waals surface area contributed by atoms with E-state index in [1.54, 1.807) is 6.20 Å². The molecular weight excluding hydrogens is 379 g/mol. The number of aromatic nitrogens is 1. The summed E-state index contributed by atoms with van der Waals surface area (Å²) in [6, 6.07) is 10.2. The van der Waals surface area contributed by atoms with Crippen molar-refractivity contribution in [3.05, 3.63) is 56.6 Å². The van der Waals surface area contributed by atoms with Gasteiger partial charge >= 0.3 is 0 Å². The maximum atomic E-state index is 5.75. The van der Waals surface area contributed by atoms with Gasteiger partial charge in [0.15, 0.2) is 0 Å². The van der Waals surface area contributed by atoms with E-state index in [9.17, 15) is 0 Å². The van der Waals surface area contributed by atoms with Crippen LogP contribution in [-0.2, 0) is 12.4 Å². The topological polar surface area (TPSA) is 24.9 Å². The third-order valence-electron chi connectivity index (χ3n) is 2.45. The SMILES string of the molecule is ClCc1ccc(CNc2ncc(Br)cc2Br)cc1. The Morgan fingerprint density at radius 2 is 1.78 bits per heavy atom. The lowest BCUT2D eigenvalue weighted by Crippen LogP contribution is -2.02. The lowest BCUT2D eigenvalue weighted by atomic mass is 10.1. The molecule has 0 saturated carbocycles. The van der Waals surface area contributed by atoms with Crippen LogP contribution in [0.25, 0.3) is 0 Å². The minimum Gasteiger partial charge on any atom is -0.365 e. The van der Waals surface area contributed by atoms with E-state index in [1.165, 1.54) is 5.56 Å². The number of hydrogen-bond donors (Lipinski definition) is 1. The zero-order valence-corrected chi connectivity index (χ0v) is 13.4. The summed E-state index contributed by atoms with van der Waals surface area (Å²) in [6.07, 6.45) is 1.77. The fourth-order valence-corrected chi connectivity index (χ4v) is 2.78. The summed E-state index contributed by atoms with van der Waals surface area (Å²) in [6.45, 7) is 0.732. The number of alkyl halides is 1. The lowest BCUT2D eigenvalue weighted by molar-refractivity contribution is 1.10. The summed E-state index contributed by atoms with van der Waals surface area (Å²) >= 11 is 12.6. The van der Waals surface area contributed by atoms with Crippen LogP contribution in [-0.4, -0.2) is 4.98 Å². The van der Waals surface area contributed by atoms with Crippen molar-refractivity contribution in [2.24, 2.45) is 0 Å². The highest BCUT2D eigenvalue weighted by molar-refractivity contribution is 9.11. The molecule has 2 aromatic rings. The third kappa shape index (κ3) is 3.70. The van der Waals surface area contributed by atoms with E-state index < -0.39 is 0 Å². The summed E-state index contributed by atoms with van der Waals surface area (Å²) in [4.78, 5) is 4.30. The van der Waals surface area contributed by atoms with Gasteiger partial charge in [0, 0.05) is 23.1 Å². The van der Waals surface area contributed by atoms with Crippen molar-refractivity contribution in [3.63, 3.8) is 0 Å². The number of rotatable bonds is 4. The second-order valence-corrected chi connectivity index (χ2v) is 5.82. The van der Waals surface area contributed by atoms with Crippen molar-refractivity contribution >= 4 is 49.3 Å². The molecule has 1 aromatic carbocycles. The Balaban J connectivity index is 2.02. The minimum absolute atomic E-state index is 0.549. The van der Waals surface area contributed by atoms with Gasteiger partial charge in [0.1, 0.15) is 5.82 Å². The van der Waals surface area contributed by atoms with E-state index in [0.29, 0.717) is 5.88 Å². The molecule has 2 nitrogen and oxygen atoms in total. The van der Waals surface area contributed by atoms with Gasteiger partial charge in [-0.1, -0.05) is 24.3 Å². The molecule has 0 radical (unpaired) electrons. The van der Waals surface area contributed by atoms with Gasteiger partial charge in [0.05, 0.1) is 4.47 Å². The number of benzene rings is 1. The highest BCUT2D eigenvalue weighted by Gasteiger charge is 2.02. The maximum absolute atomic E-state index is 5.75. The van der Waals surface area contributed by atoms with Crippen LogP contribution >= 0.6 is 43.5 Å². The number of anilines is 1. The molecule has 1 N–H and O–H groups in total. The smallest absolute Gasteiger partial charge is 0.140 e. The second kappa shape index (κ2) is 6.55. The van der Waals surface area contributed by atoms with Crippen LogP contribution in [0.2, 0.25) is 0 Å². The molecule has 0 bridgehead atoms. The molecule has 0 spiro atoms. The zero-order chi connectivity index (χ0) is 13.0. The average molecular weight is 391 g/mol. The quantitative estimate of drug-likeness (QED) is 0.747. The van der Waals surface area contributed by atoms with Gasteiger partial charge in [-0.3, -0.25) is 0 Å². The molecule has 0 amide bonds. The Labute approximate surface area is 128 Å². The van der Waals surface area contributed by atoms with E-state index >= 15 is 0 Å². The standard InChI is InChI=1S/C13H11Br2ClN2/c14-11-5-12(15)13(18-8-11)17-7-10-3-1-9(6-16)2-4-10/h1-5,8H,6-7H2,(H,17,18). The molecular formula is C13H11Br2ClN2. The van der Waals surface area contributed by atoms with E-state index in [4.69, 9.17) is 11.6 Å². The van der Waals surface area contributed by atoms with Crippen molar-refractivity contribution in [3.8, 4) is 0 Å². The molecule has 0 fully saturated rings. The van der Waals surface area contributed by atoms with Crippen LogP contribution in [0.15, 0.2) is 45.5 Å². The monoisotopic (exact) mass is 388 g/mol. The minimum atomic E-state index is 0.549. The summed E-state index contributed by atoms with van der Waals surface area (Å²) in [5.74, 6) is 1.38. The van der Waals surface area contributed by atoms with Crippen LogP contribution in [0.5, 0.6) is 0 Å². The molecule has 1 aromatic heterocycles. The molecule has 2 rings (SSSR count). The highest BCUT2D eigenvalue weighted by Crippen LogP contribution is 2.23. The number of hydrogen-bond acceptors (Lipinski definition) is 2. The molecule has 0 aliphatic heterocycles. The molecule has 5 heteroatoms. The molecule has 18 heavy (non-hydrogen) atoms. The molecule has 0 saturated heterocycles. The van der Waals surface area contributed by atoms with Gasteiger partial charge < -0.3 is 5.32 Å². The lowest BCUT2D eigenvalue weighted by Gasteiger charge is -2.08. The van der Waals surface area contributed by atoms with E-state index in [1.807, 2.05) is 18.2 Å². The Morgan fingerprint density at radius 3 is 2.39 bits per heavy atom. The first-order valence-corrected chi connectivity index (χ1v) is 7.50.